The number of methoxy groups -OCH3 is 1. The normalized spacial score (nSPS) is 10.7. The molecule has 0 fully saturated rings. The van der Waals surface area contributed by atoms with Crippen LogP contribution in [-0.4, -0.2) is 27.6 Å². The number of carbonyl (C=O) groups excluding carboxylic acids is 1. The smallest absolute Gasteiger partial charge is 0.357 e. The largest absolute Gasteiger partial charge is 0.464 e. The molecule has 4 aromatic rings. The summed E-state index contributed by atoms with van der Waals surface area (Å²) in [5.74, 6) is 1.02. The van der Waals surface area contributed by atoms with E-state index in [-0.39, 0.29) is 5.69 Å². The molecule has 0 saturated heterocycles. The number of aryl methyl sites for hydroxylation is 1. The maximum atomic E-state index is 12.1. The van der Waals surface area contributed by atoms with Gasteiger partial charge < -0.3 is 14.0 Å². The van der Waals surface area contributed by atoms with Crippen LogP contribution in [-0.2, 0) is 11.8 Å². The highest BCUT2D eigenvalue weighted by molar-refractivity contribution is 6.07. The van der Waals surface area contributed by atoms with Gasteiger partial charge in [0, 0.05) is 18.8 Å². The number of benzene rings is 2. The SMILES string of the molecule is COC(=O)c1ncnc2c1c(-c1ccc(Oc3ccccc3)cc1)cn2C. The topological polar surface area (TPSA) is 66.2 Å². The van der Waals surface area contributed by atoms with E-state index >= 15 is 0 Å². The van der Waals surface area contributed by atoms with Crippen molar-refractivity contribution in [1.82, 2.24) is 14.5 Å². The van der Waals surface area contributed by atoms with E-state index in [0.29, 0.717) is 11.0 Å². The Bertz CT molecular complexity index is 1100. The van der Waals surface area contributed by atoms with E-state index in [4.69, 9.17) is 9.47 Å². The van der Waals surface area contributed by atoms with Gasteiger partial charge in [-0.15, -0.1) is 0 Å². The van der Waals surface area contributed by atoms with Gasteiger partial charge in [-0.3, -0.25) is 0 Å². The van der Waals surface area contributed by atoms with Crippen molar-refractivity contribution in [2.45, 2.75) is 0 Å². The summed E-state index contributed by atoms with van der Waals surface area (Å²) in [5.41, 5.74) is 2.72. The summed E-state index contributed by atoms with van der Waals surface area (Å²) in [6, 6.07) is 17.3. The van der Waals surface area contributed by atoms with Crippen molar-refractivity contribution in [2.24, 2.45) is 7.05 Å². The van der Waals surface area contributed by atoms with E-state index in [1.54, 1.807) is 0 Å². The predicted octanol–water partition coefficient (Wildman–Crippen LogP) is 4.21. The standard InChI is InChI=1S/C21H17N3O3/c1-24-12-17(18-19(21(25)26-2)22-13-23-20(18)24)14-8-10-16(11-9-14)27-15-6-4-3-5-7-15/h3-13H,1-2H3. The number of fused-ring (bicyclic) bond motifs is 1. The zero-order chi connectivity index (χ0) is 18.8. The highest BCUT2D eigenvalue weighted by Crippen LogP contribution is 2.33. The molecule has 0 aliphatic rings. The fourth-order valence-electron chi connectivity index (χ4n) is 3.01. The summed E-state index contributed by atoms with van der Waals surface area (Å²) in [4.78, 5) is 20.6. The zero-order valence-electron chi connectivity index (χ0n) is 14.9. The van der Waals surface area contributed by atoms with Crippen molar-refractivity contribution in [1.29, 1.82) is 0 Å². The molecule has 2 heterocycles. The first-order valence-electron chi connectivity index (χ1n) is 8.39. The van der Waals surface area contributed by atoms with E-state index in [0.717, 1.165) is 22.6 Å². The van der Waals surface area contributed by atoms with Gasteiger partial charge >= 0.3 is 5.97 Å². The van der Waals surface area contributed by atoms with Crippen LogP contribution in [0.15, 0.2) is 67.1 Å². The minimum atomic E-state index is -0.487. The molecule has 4 rings (SSSR count). The Morgan fingerprint density at radius 3 is 2.37 bits per heavy atom. The lowest BCUT2D eigenvalue weighted by Gasteiger charge is -2.07. The third-order valence-corrected chi connectivity index (χ3v) is 4.28. The fourth-order valence-corrected chi connectivity index (χ4v) is 3.01. The molecule has 6 nitrogen and oxygen atoms in total. The number of para-hydroxylation sites is 1. The minimum absolute atomic E-state index is 0.253. The van der Waals surface area contributed by atoms with Gasteiger partial charge in [-0.2, -0.15) is 0 Å². The molecule has 2 aromatic heterocycles. The van der Waals surface area contributed by atoms with Gasteiger partial charge in [-0.05, 0) is 29.8 Å². The molecule has 0 saturated carbocycles. The Morgan fingerprint density at radius 1 is 0.963 bits per heavy atom. The van der Waals surface area contributed by atoms with Crippen molar-refractivity contribution in [2.75, 3.05) is 7.11 Å². The molecule has 0 unspecified atom stereocenters. The van der Waals surface area contributed by atoms with E-state index < -0.39 is 5.97 Å². The average molecular weight is 359 g/mol. The van der Waals surface area contributed by atoms with Gasteiger partial charge in [0.15, 0.2) is 5.69 Å². The summed E-state index contributed by atoms with van der Waals surface area (Å²) >= 11 is 0. The van der Waals surface area contributed by atoms with Crippen LogP contribution < -0.4 is 4.74 Å². The molecule has 134 valence electrons. The summed E-state index contributed by atoms with van der Waals surface area (Å²) in [6.07, 6.45) is 3.30. The van der Waals surface area contributed by atoms with Gasteiger partial charge in [0.2, 0.25) is 0 Å². The quantitative estimate of drug-likeness (QED) is 0.511. The van der Waals surface area contributed by atoms with Crippen LogP contribution in [0, 0.1) is 0 Å². The third kappa shape index (κ3) is 3.13. The molecule has 6 heteroatoms. The highest BCUT2D eigenvalue weighted by Gasteiger charge is 2.20. The Balaban J connectivity index is 1.75. The first kappa shape index (κ1) is 16.8. The second kappa shape index (κ2) is 6.92. The molecule has 0 aliphatic heterocycles. The third-order valence-electron chi connectivity index (χ3n) is 4.28. The van der Waals surface area contributed by atoms with E-state index in [1.165, 1.54) is 13.4 Å². The first-order valence-corrected chi connectivity index (χ1v) is 8.39. The Morgan fingerprint density at radius 2 is 1.67 bits per heavy atom. The van der Waals surface area contributed by atoms with Gasteiger partial charge in [0.1, 0.15) is 23.5 Å². The molecule has 27 heavy (non-hydrogen) atoms. The van der Waals surface area contributed by atoms with Crippen LogP contribution in [0.1, 0.15) is 10.5 Å². The molecule has 2 aromatic carbocycles. The molecule has 0 aliphatic carbocycles. The molecular formula is C21H17N3O3. The van der Waals surface area contributed by atoms with Crippen molar-refractivity contribution in [3.8, 4) is 22.6 Å². The van der Waals surface area contributed by atoms with Crippen LogP contribution >= 0.6 is 0 Å². The monoisotopic (exact) mass is 359 g/mol. The van der Waals surface area contributed by atoms with Gasteiger partial charge in [-0.1, -0.05) is 30.3 Å². The Labute approximate surface area is 156 Å². The van der Waals surface area contributed by atoms with Crippen LogP contribution in [0.5, 0.6) is 11.5 Å². The first-order chi connectivity index (χ1) is 13.2. The maximum absolute atomic E-state index is 12.1. The molecular weight excluding hydrogens is 342 g/mol. The minimum Gasteiger partial charge on any atom is -0.464 e. The van der Waals surface area contributed by atoms with Crippen molar-refractivity contribution in [3.63, 3.8) is 0 Å². The molecule has 0 radical (unpaired) electrons. The Kier molecular flexibility index (Phi) is 4.30. The Hall–Kier alpha value is -3.67. The van der Waals surface area contributed by atoms with Crippen LogP contribution in [0.25, 0.3) is 22.2 Å². The van der Waals surface area contributed by atoms with Gasteiger partial charge in [0.05, 0.1) is 12.5 Å². The number of carbonyl (C=O) groups is 1. The van der Waals surface area contributed by atoms with Gasteiger partial charge in [-0.25, -0.2) is 14.8 Å². The number of aromatic nitrogens is 3. The predicted molar refractivity (Wildman–Crippen MR) is 102 cm³/mol. The number of esters is 1. The maximum Gasteiger partial charge on any atom is 0.357 e. The molecule has 0 atom stereocenters. The highest BCUT2D eigenvalue weighted by atomic mass is 16.5. The van der Waals surface area contributed by atoms with Gasteiger partial charge in [0.25, 0.3) is 0 Å². The number of nitrogens with zero attached hydrogens (tertiary/aromatic N) is 3. The van der Waals surface area contributed by atoms with Crippen LogP contribution in [0.3, 0.4) is 0 Å². The lowest BCUT2D eigenvalue weighted by molar-refractivity contribution is 0.0596. The second-order valence-electron chi connectivity index (χ2n) is 6.01. The van der Waals surface area contributed by atoms with Crippen LogP contribution in [0.2, 0.25) is 0 Å². The lowest BCUT2D eigenvalue weighted by Crippen LogP contribution is -2.06. The number of rotatable bonds is 4. The van der Waals surface area contributed by atoms with E-state index in [1.807, 2.05) is 72.4 Å². The van der Waals surface area contributed by atoms with Crippen LogP contribution in [0.4, 0.5) is 0 Å². The second-order valence-corrected chi connectivity index (χ2v) is 6.01. The zero-order valence-corrected chi connectivity index (χ0v) is 14.9. The summed E-state index contributed by atoms with van der Waals surface area (Å²) in [5, 5.41) is 0.670. The number of hydrogen-bond acceptors (Lipinski definition) is 5. The van der Waals surface area contributed by atoms with E-state index in [2.05, 4.69) is 9.97 Å². The number of hydrogen-bond donors (Lipinski definition) is 0. The van der Waals surface area contributed by atoms with Crippen molar-refractivity contribution >= 4 is 17.0 Å². The molecule has 0 N–H and O–H groups in total. The average Bonchev–Trinajstić information content (AvgIpc) is 3.06. The summed E-state index contributed by atoms with van der Waals surface area (Å²) < 4.78 is 12.6. The molecule has 0 spiro atoms. The van der Waals surface area contributed by atoms with Crippen molar-refractivity contribution < 1.29 is 14.3 Å². The fraction of sp³-hybridized carbons (Fsp3) is 0.0952. The van der Waals surface area contributed by atoms with Crippen molar-refractivity contribution in [3.05, 3.63) is 72.8 Å². The summed E-state index contributed by atoms with van der Waals surface area (Å²) in [6.45, 7) is 0. The summed E-state index contributed by atoms with van der Waals surface area (Å²) in [7, 11) is 3.22. The lowest BCUT2D eigenvalue weighted by atomic mass is 10.0. The molecule has 0 bridgehead atoms. The number of ether oxygens (including phenoxy) is 2. The molecule has 0 amide bonds. The van der Waals surface area contributed by atoms with E-state index in [9.17, 15) is 4.79 Å².